The molecule has 6 nitrogen and oxygen atoms in total. The number of carbonyl (C=O) groups is 1. The minimum absolute atomic E-state index is 0.165. The van der Waals surface area contributed by atoms with Crippen LogP contribution in [0.1, 0.15) is 17.3 Å². The van der Waals surface area contributed by atoms with Crippen molar-refractivity contribution in [2.75, 3.05) is 20.3 Å². The van der Waals surface area contributed by atoms with Gasteiger partial charge in [0.2, 0.25) is 0 Å². The van der Waals surface area contributed by atoms with Crippen LogP contribution in [-0.2, 0) is 6.54 Å². The van der Waals surface area contributed by atoms with Crippen molar-refractivity contribution in [3.63, 3.8) is 0 Å². The summed E-state index contributed by atoms with van der Waals surface area (Å²) in [5.74, 6) is 0.957. The van der Waals surface area contributed by atoms with E-state index in [1.54, 1.807) is 31.8 Å². The van der Waals surface area contributed by atoms with Crippen LogP contribution in [0, 0.1) is 0 Å². The molecule has 1 aromatic heterocycles. The van der Waals surface area contributed by atoms with E-state index in [-0.39, 0.29) is 5.91 Å². The summed E-state index contributed by atoms with van der Waals surface area (Å²) in [6.07, 6.45) is 5.27. The number of benzene rings is 1. The Morgan fingerprint density at radius 3 is 2.91 bits per heavy atom. The second kappa shape index (κ2) is 7.84. The smallest absolute Gasteiger partial charge is 0.251 e. The summed E-state index contributed by atoms with van der Waals surface area (Å²) < 4.78 is 13.4. The van der Waals surface area contributed by atoms with Crippen LogP contribution in [-0.4, -0.2) is 35.7 Å². The molecule has 2 aromatic rings. The Bertz CT molecular complexity index is 629. The largest absolute Gasteiger partial charge is 0.493 e. The number of nitrogens with zero attached hydrogens (tertiary/aromatic N) is 2. The molecular formula is C15H18BrN3O3. The quantitative estimate of drug-likeness (QED) is 0.816. The molecule has 118 valence electrons. The van der Waals surface area contributed by atoms with E-state index in [0.717, 1.165) is 0 Å². The van der Waals surface area contributed by atoms with Gasteiger partial charge in [-0.1, -0.05) is 0 Å². The van der Waals surface area contributed by atoms with Gasteiger partial charge in [-0.15, -0.1) is 0 Å². The molecule has 0 aliphatic heterocycles. The van der Waals surface area contributed by atoms with Gasteiger partial charge in [0.05, 0.1) is 24.5 Å². The predicted octanol–water partition coefficient (Wildman–Crippen LogP) is 2.48. The first-order chi connectivity index (χ1) is 10.7. The van der Waals surface area contributed by atoms with Crippen LogP contribution in [0.2, 0.25) is 0 Å². The lowest BCUT2D eigenvalue weighted by Gasteiger charge is -2.13. The maximum atomic E-state index is 12.2. The van der Waals surface area contributed by atoms with E-state index in [4.69, 9.17) is 9.47 Å². The van der Waals surface area contributed by atoms with E-state index in [0.29, 0.717) is 41.2 Å². The molecule has 0 saturated heterocycles. The molecule has 1 amide bonds. The van der Waals surface area contributed by atoms with Crippen LogP contribution in [0.25, 0.3) is 0 Å². The molecule has 0 unspecified atom stereocenters. The Balaban J connectivity index is 2.04. The Kier molecular flexibility index (Phi) is 5.83. The second-order valence-corrected chi connectivity index (χ2v) is 5.33. The molecular weight excluding hydrogens is 350 g/mol. The number of nitrogens with one attached hydrogen (secondary N) is 1. The number of imidazole rings is 1. The van der Waals surface area contributed by atoms with E-state index < -0.39 is 0 Å². The summed E-state index contributed by atoms with van der Waals surface area (Å²) >= 11 is 3.41. The number of hydrogen-bond donors (Lipinski definition) is 1. The summed E-state index contributed by atoms with van der Waals surface area (Å²) in [4.78, 5) is 16.2. The van der Waals surface area contributed by atoms with Gasteiger partial charge in [0.1, 0.15) is 0 Å². The van der Waals surface area contributed by atoms with Gasteiger partial charge in [-0.2, -0.15) is 0 Å². The van der Waals surface area contributed by atoms with E-state index in [1.165, 1.54) is 0 Å². The number of amides is 1. The minimum Gasteiger partial charge on any atom is -0.493 e. The van der Waals surface area contributed by atoms with E-state index in [9.17, 15) is 4.79 Å². The van der Waals surface area contributed by atoms with Crippen LogP contribution >= 0.6 is 15.9 Å². The van der Waals surface area contributed by atoms with Crippen LogP contribution in [0.3, 0.4) is 0 Å². The fraction of sp³-hybridized carbons (Fsp3) is 0.333. The third-order valence-corrected chi connectivity index (χ3v) is 3.58. The molecule has 0 fully saturated rings. The van der Waals surface area contributed by atoms with Crippen molar-refractivity contribution in [2.45, 2.75) is 13.5 Å². The number of methoxy groups -OCH3 is 1. The van der Waals surface area contributed by atoms with Crippen molar-refractivity contribution in [2.24, 2.45) is 0 Å². The zero-order chi connectivity index (χ0) is 15.9. The molecule has 7 heteroatoms. The summed E-state index contributed by atoms with van der Waals surface area (Å²) in [6, 6.07) is 3.39. The lowest BCUT2D eigenvalue weighted by Crippen LogP contribution is -2.27. The van der Waals surface area contributed by atoms with Crippen molar-refractivity contribution < 1.29 is 14.3 Å². The molecule has 1 aromatic carbocycles. The van der Waals surface area contributed by atoms with Crippen molar-refractivity contribution >= 4 is 21.8 Å². The number of ether oxygens (including phenoxy) is 2. The molecule has 0 radical (unpaired) electrons. The predicted molar refractivity (Wildman–Crippen MR) is 86.4 cm³/mol. The zero-order valence-electron chi connectivity index (χ0n) is 12.5. The van der Waals surface area contributed by atoms with Gasteiger partial charge in [-0.25, -0.2) is 4.98 Å². The van der Waals surface area contributed by atoms with E-state index in [2.05, 4.69) is 26.2 Å². The average molecular weight is 368 g/mol. The third-order valence-electron chi connectivity index (χ3n) is 3.00. The van der Waals surface area contributed by atoms with Crippen LogP contribution in [0.15, 0.2) is 35.3 Å². The summed E-state index contributed by atoms with van der Waals surface area (Å²) in [5, 5.41) is 2.86. The monoisotopic (exact) mass is 367 g/mol. The maximum Gasteiger partial charge on any atom is 0.251 e. The standard InChI is InChI=1S/C15H18BrN3O3/c1-3-22-14-12(16)8-11(9-13(14)21-2)15(20)18-5-7-19-6-4-17-10-19/h4,6,8-10H,3,5,7H2,1-2H3,(H,18,20). The fourth-order valence-electron chi connectivity index (χ4n) is 1.95. The van der Waals surface area contributed by atoms with Crippen molar-refractivity contribution in [1.82, 2.24) is 14.9 Å². The maximum absolute atomic E-state index is 12.2. The van der Waals surface area contributed by atoms with Gasteiger partial charge in [0.25, 0.3) is 5.91 Å². The van der Waals surface area contributed by atoms with Crippen molar-refractivity contribution in [1.29, 1.82) is 0 Å². The number of carbonyl (C=O) groups excluding carboxylic acids is 1. The lowest BCUT2D eigenvalue weighted by atomic mass is 10.2. The number of rotatable bonds is 7. The highest BCUT2D eigenvalue weighted by atomic mass is 79.9. The average Bonchev–Trinajstić information content (AvgIpc) is 3.02. The van der Waals surface area contributed by atoms with Crippen molar-refractivity contribution in [3.05, 3.63) is 40.9 Å². The van der Waals surface area contributed by atoms with Crippen LogP contribution in [0.4, 0.5) is 0 Å². The minimum atomic E-state index is -0.165. The zero-order valence-corrected chi connectivity index (χ0v) is 14.1. The molecule has 2 rings (SSSR count). The summed E-state index contributed by atoms with van der Waals surface area (Å²) in [5.41, 5.74) is 0.512. The number of hydrogen-bond acceptors (Lipinski definition) is 4. The number of aromatic nitrogens is 2. The lowest BCUT2D eigenvalue weighted by molar-refractivity contribution is 0.0952. The summed E-state index contributed by atoms with van der Waals surface area (Å²) in [6.45, 7) is 3.59. The van der Waals surface area contributed by atoms with Gasteiger partial charge in [0, 0.05) is 31.0 Å². The third kappa shape index (κ3) is 4.00. The van der Waals surface area contributed by atoms with Crippen molar-refractivity contribution in [3.8, 4) is 11.5 Å². The highest BCUT2D eigenvalue weighted by molar-refractivity contribution is 9.10. The highest BCUT2D eigenvalue weighted by Crippen LogP contribution is 2.36. The SMILES string of the molecule is CCOc1c(Br)cc(C(=O)NCCn2ccnc2)cc1OC. The molecule has 0 saturated carbocycles. The first-order valence-electron chi connectivity index (χ1n) is 6.90. The van der Waals surface area contributed by atoms with E-state index in [1.807, 2.05) is 17.7 Å². The second-order valence-electron chi connectivity index (χ2n) is 4.48. The topological polar surface area (TPSA) is 65.4 Å². The summed E-state index contributed by atoms with van der Waals surface area (Å²) in [7, 11) is 1.55. The first-order valence-corrected chi connectivity index (χ1v) is 7.69. The molecule has 0 aliphatic rings. The Labute approximate surface area is 137 Å². The molecule has 0 spiro atoms. The van der Waals surface area contributed by atoms with Gasteiger partial charge in [-0.3, -0.25) is 4.79 Å². The van der Waals surface area contributed by atoms with Crippen LogP contribution in [0.5, 0.6) is 11.5 Å². The normalized spacial score (nSPS) is 10.3. The molecule has 1 heterocycles. The Morgan fingerprint density at radius 2 is 2.27 bits per heavy atom. The van der Waals surface area contributed by atoms with E-state index >= 15 is 0 Å². The fourth-order valence-corrected chi connectivity index (χ4v) is 2.51. The van der Waals surface area contributed by atoms with Gasteiger partial charge in [0.15, 0.2) is 11.5 Å². The van der Waals surface area contributed by atoms with Gasteiger partial charge in [-0.05, 0) is 35.0 Å². The molecule has 22 heavy (non-hydrogen) atoms. The Hall–Kier alpha value is -2.02. The molecule has 1 N–H and O–H groups in total. The van der Waals surface area contributed by atoms with Gasteiger partial charge >= 0.3 is 0 Å². The molecule has 0 aliphatic carbocycles. The Morgan fingerprint density at radius 1 is 1.45 bits per heavy atom. The van der Waals surface area contributed by atoms with Crippen LogP contribution < -0.4 is 14.8 Å². The molecule has 0 bridgehead atoms. The highest BCUT2D eigenvalue weighted by Gasteiger charge is 2.15. The first kappa shape index (κ1) is 16.4. The molecule has 0 atom stereocenters. The number of halogens is 1. The van der Waals surface area contributed by atoms with Gasteiger partial charge < -0.3 is 19.4 Å².